The predicted octanol–water partition coefficient (Wildman–Crippen LogP) is 4.36. The van der Waals surface area contributed by atoms with E-state index in [0.29, 0.717) is 17.3 Å². The smallest absolute Gasteiger partial charge is 0.326 e. The Bertz CT molecular complexity index is 758. The van der Waals surface area contributed by atoms with Crippen molar-refractivity contribution in [3.63, 3.8) is 0 Å². The van der Waals surface area contributed by atoms with Crippen LogP contribution in [0.5, 0.6) is 0 Å². The van der Waals surface area contributed by atoms with Crippen molar-refractivity contribution >= 4 is 35.5 Å². The van der Waals surface area contributed by atoms with E-state index in [9.17, 15) is 4.57 Å². The molecule has 0 aliphatic carbocycles. The molecule has 4 N–H and O–H groups in total. The lowest BCUT2D eigenvalue weighted by Gasteiger charge is -2.17. The minimum Gasteiger partial charge on any atom is -0.326 e. The standard InChI is InChI=1S/C17H22N3O3PS/c1-12-8-4-6-10-15(12)19-17(18-14(3)25-24(21,22)23)20-16-11-7-5-9-13(16)2/h4-11,14H,1-3H3,(H2,18,19,20)(H2,21,22,23). The third kappa shape index (κ3) is 6.55. The van der Waals surface area contributed by atoms with E-state index in [4.69, 9.17) is 9.79 Å². The van der Waals surface area contributed by atoms with Crippen LogP contribution in [0, 0.1) is 13.8 Å². The lowest BCUT2D eigenvalue weighted by Crippen LogP contribution is -2.24. The normalized spacial score (nSPS) is 12.4. The molecule has 6 nitrogen and oxygen atoms in total. The van der Waals surface area contributed by atoms with Crippen molar-refractivity contribution in [2.45, 2.75) is 26.1 Å². The van der Waals surface area contributed by atoms with Crippen LogP contribution in [0.3, 0.4) is 0 Å². The summed E-state index contributed by atoms with van der Waals surface area (Å²) in [5, 5.41) is 5.80. The van der Waals surface area contributed by atoms with Crippen LogP contribution < -0.4 is 10.6 Å². The van der Waals surface area contributed by atoms with Crippen molar-refractivity contribution in [1.82, 2.24) is 0 Å². The number of nitrogens with zero attached hydrogens (tertiary/aromatic N) is 1. The molecule has 0 fully saturated rings. The Hall–Kier alpha value is -1.79. The molecule has 0 amide bonds. The number of benzene rings is 2. The molecular weight excluding hydrogens is 357 g/mol. The molecular formula is C17H22N3O3PS. The molecule has 0 saturated carbocycles. The van der Waals surface area contributed by atoms with Crippen molar-refractivity contribution in [1.29, 1.82) is 0 Å². The van der Waals surface area contributed by atoms with Gasteiger partial charge in [-0.3, -0.25) is 0 Å². The summed E-state index contributed by atoms with van der Waals surface area (Å²) in [5.41, 5.74) is 3.82. The molecule has 0 aliphatic heterocycles. The molecule has 8 heteroatoms. The second-order valence-electron chi connectivity index (χ2n) is 5.55. The molecule has 0 aromatic heterocycles. The Kier molecular flexibility index (Phi) is 6.67. The zero-order chi connectivity index (χ0) is 18.4. The number of anilines is 2. The Morgan fingerprint density at radius 3 is 1.84 bits per heavy atom. The fourth-order valence-corrected chi connectivity index (χ4v) is 4.07. The van der Waals surface area contributed by atoms with Crippen LogP contribution in [-0.2, 0) is 4.57 Å². The van der Waals surface area contributed by atoms with Crippen LogP contribution in [0.25, 0.3) is 0 Å². The molecule has 0 bridgehead atoms. The average Bonchev–Trinajstić information content (AvgIpc) is 2.50. The maximum atomic E-state index is 11.2. The minimum absolute atomic E-state index is 0.428. The van der Waals surface area contributed by atoms with Gasteiger partial charge < -0.3 is 20.4 Å². The van der Waals surface area contributed by atoms with Crippen molar-refractivity contribution in [3.05, 3.63) is 59.7 Å². The molecule has 2 rings (SSSR count). The number of nitrogens with one attached hydrogen (secondary N) is 2. The molecule has 25 heavy (non-hydrogen) atoms. The lowest BCUT2D eigenvalue weighted by atomic mass is 10.2. The summed E-state index contributed by atoms with van der Waals surface area (Å²) in [4.78, 5) is 22.7. The summed E-state index contributed by atoms with van der Waals surface area (Å²) in [6.07, 6.45) is 0. The third-order valence-electron chi connectivity index (χ3n) is 3.40. The zero-order valence-electron chi connectivity index (χ0n) is 14.3. The number of hydrogen-bond acceptors (Lipinski definition) is 3. The highest BCUT2D eigenvalue weighted by Gasteiger charge is 2.19. The van der Waals surface area contributed by atoms with Gasteiger partial charge in [0.25, 0.3) is 0 Å². The first-order valence-corrected chi connectivity index (χ1v) is 10.8. The van der Waals surface area contributed by atoms with Gasteiger partial charge in [-0.2, -0.15) is 0 Å². The largest absolute Gasteiger partial charge is 0.386 e. The van der Waals surface area contributed by atoms with E-state index in [2.05, 4.69) is 15.6 Å². The maximum absolute atomic E-state index is 11.2. The highest BCUT2D eigenvalue weighted by atomic mass is 32.7. The molecule has 0 aliphatic rings. The highest BCUT2D eigenvalue weighted by Crippen LogP contribution is 2.52. The van der Waals surface area contributed by atoms with Gasteiger partial charge in [0.15, 0.2) is 0 Å². The van der Waals surface area contributed by atoms with Gasteiger partial charge in [0.1, 0.15) is 5.37 Å². The molecule has 1 unspecified atom stereocenters. The van der Waals surface area contributed by atoms with Gasteiger partial charge >= 0.3 is 6.80 Å². The first-order valence-electron chi connectivity index (χ1n) is 7.71. The van der Waals surface area contributed by atoms with Gasteiger partial charge in [0, 0.05) is 11.4 Å². The number of guanidine groups is 1. The van der Waals surface area contributed by atoms with E-state index in [1.165, 1.54) is 0 Å². The number of hydrogen-bond donors (Lipinski definition) is 4. The van der Waals surface area contributed by atoms with E-state index in [1.54, 1.807) is 6.92 Å². The highest BCUT2D eigenvalue weighted by molar-refractivity contribution is 8.54. The van der Waals surface area contributed by atoms with Crippen LogP contribution in [0.4, 0.5) is 11.4 Å². The molecule has 0 radical (unpaired) electrons. The molecule has 0 heterocycles. The monoisotopic (exact) mass is 379 g/mol. The summed E-state index contributed by atoms with van der Waals surface area (Å²) in [5.74, 6) is 0.428. The SMILES string of the molecule is Cc1ccccc1NC(=NC(C)SP(=O)(O)O)Nc1ccccc1C. The predicted molar refractivity (Wildman–Crippen MR) is 106 cm³/mol. The zero-order valence-corrected chi connectivity index (χ0v) is 16.0. The van der Waals surface area contributed by atoms with E-state index >= 15 is 0 Å². The second-order valence-corrected chi connectivity index (χ2v) is 9.49. The summed E-state index contributed by atoms with van der Waals surface area (Å²) in [7, 11) is 0. The maximum Gasteiger partial charge on any atom is 0.386 e. The van der Waals surface area contributed by atoms with Crippen molar-refractivity contribution < 1.29 is 14.4 Å². The first-order chi connectivity index (χ1) is 11.7. The Balaban J connectivity index is 2.29. The van der Waals surface area contributed by atoms with Gasteiger partial charge in [-0.25, -0.2) is 9.56 Å². The Morgan fingerprint density at radius 2 is 1.44 bits per heavy atom. The summed E-state index contributed by atoms with van der Waals surface area (Å²) in [6, 6.07) is 15.5. The van der Waals surface area contributed by atoms with Gasteiger partial charge in [0.2, 0.25) is 5.96 Å². The molecule has 2 aromatic carbocycles. The van der Waals surface area contributed by atoms with Crippen LogP contribution >= 0.6 is 18.2 Å². The number of aliphatic imine (C=N–C) groups is 1. The van der Waals surface area contributed by atoms with Gasteiger partial charge in [-0.15, -0.1) is 0 Å². The number of rotatable bonds is 5. The van der Waals surface area contributed by atoms with E-state index in [1.807, 2.05) is 62.4 Å². The average molecular weight is 379 g/mol. The molecule has 1 atom stereocenters. The molecule has 0 saturated heterocycles. The lowest BCUT2D eigenvalue weighted by molar-refractivity contribution is 0.396. The van der Waals surface area contributed by atoms with Crippen molar-refractivity contribution in [2.75, 3.05) is 10.6 Å². The topological polar surface area (TPSA) is 94.0 Å². The van der Waals surface area contributed by atoms with E-state index in [-0.39, 0.29) is 0 Å². The first kappa shape index (κ1) is 19.5. The molecule has 2 aromatic rings. The van der Waals surface area contributed by atoms with E-state index in [0.717, 1.165) is 22.5 Å². The molecule has 0 spiro atoms. The summed E-state index contributed by atoms with van der Waals surface area (Å²) < 4.78 is 11.2. The number of para-hydroxylation sites is 2. The van der Waals surface area contributed by atoms with Gasteiger partial charge in [-0.1, -0.05) is 36.4 Å². The van der Waals surface area contributed by atoms with Crippen LogP contribution in [0.2, 0.25) is 0 Å². The second kappa shape index (κ2) is 8.54. The van der Waals surface area contributed by atoms with Gasteiger partial charge in [0.05, 0.1) is 0 Å². The Labute approximate surface area is 151 Å². The summed E-state index contributed by atoms with van der Waals surface area (Å²) >= 11 is 0.514. The fourth-order valence-electron chi connectivity index (χ4n) is 2.18. The fraction of sp³-hybridized carbons (Fsp3) is 0.235. The summed E-state index contributed by atoms with van der Waals surface area (Å²) in [6.45, 7) is 1.38. The van der Waals surface area contributed by atoms with Crippen LogP contribution in [0.1, 0.15) is 18.1 Å². The van der Waals surface area contributed by atoms with Gasteiger partial charge in [-0.05, 0) is 55.4 Å². The number of aryl methyl sites for hydroxylation is 2. The van der Waals surface area contributed by atoms with Crippen molar-refractivity contribution in [3.8, 4) is 0 Å². The van der Waals surface area contributed by atoms with Crippen LogP contribution in [0.15, 0.2) is 53.5 Å². The van der Waals surface area contributed by atoms with Crippen LogP contribution in [-0.4, -0.2) is 21.1 Å². The minimum atomic E-state index is -4.21. The Morgan fingerprint density at radius 1 is 1.00 bits per heavy atom. The van der Waals surface area contributed by atoms with E-state index < -0.39 is 12.2 Å². The quantitative estimate of drug-likeness (QED) is 0.350. The third-order valence-corrected chi connectivity index (χ3v) is 5.82. The molecule has 134 valence electrons. The van der Waals surface area contributed by atoms with Crippen molar-refractivity contribution in [2.24, 2.45) is 4.99 Å².